The fraction of sp³-hybridized carbons (Fsp3) is 0.571. The van der Waals surface area contributed by atoms with E-state index < -0.39 is 11.0 Å². The van der Waals surface area contributed by atoms with Crippen molar-refractivity contribution in [3.63, 3.8) is 0 Å². The van der Waals surface area contributed by atoms with Crippen molar-refractivity contribution < 1.29 is 24.6 Å². The van der Waals surface area contributed by atoms with Crippen LogP contribution in [0.3, 0.4) is 0 Å². The van der Waals surface area contributed by atoms with E-state index in [1.165, 1.54) is 13.2 Å². The minimum atomic E-state index is -0.448. The molecular formula is C21H33NO6. The summed E-state index contributed by atoms with van der Waals surface area (Å²) in [5.74, 6) is -0.209. The predicted octanol–water partition coefficient (Wildman–Crippen LogP) is 5.38. The largest absolute Gasteiger partial charge is 0.469 e. The van der Waals surface area contributed by atoms with Crippen LogP contribution >= 0.6 is 0 Å². The van der Waals surface area contributed by atoms with Crippen molar-refractivity contribution >= 4 is 5.97 Å². The molecule has 0 aromatic rings. The molecule has 0 aliphatic rings. The zero-order valence-corrected chi connectivity index (χ0v) is 16.9. The van der Waals surface area contributed by atoms with E-state index in [-0.39, 0.29) is 18.1 Å². The first kappa shape index (κ1) is 25.8. The zero-order valence-electron chi connectivity index (χ0n) is 16.9. The van der Waals surface area contributed by atoms with Crippen LogP contribution in [0.15, 0.2) is 48.2 Å². The highest BCUT2D eigenvalue weighted by Crippen LogP contribution is 2.09. The first-order valence-electron chi connectivity index (χ1n) is 9.73. The Labute approximate surface area is 167 Å². The standard InChI is InChI=1S/C21H33NO6/c1-3-4-10-16-20(28-26)17-13-15-19(22(24)25)14-11-8-6-5-7-9-12-18-21(23)27-2/h5,7-8,11,13,15,17,20,26H,3-4,6,9-10,12,14,16,18H2,1-2H3/b7-5-,11-8-,17-13+,19-15+/t20-/m0/s1. The lowest BCUT2D eigenvalue weighted by molar-refractivity contribution is -0.426. The van der Waals surface area contributed by atoms with Gasteiger partial charge in [-0.2, -0.15) is 0 Å². The minimum Gasteiger partial charge on any atom is -0.469 e. The lowest BCUT2D eigenvalue weighted by Crippen LogP contribution is -2.06. The van der Waals surface area contributed by atoms with Gasteiger partial charge in [-0.3, -0.25) is 20.2 Å². The number of carbonyl (C=O) groups is 1. The highest BCUT2D eigenvalue weighted by Gasteiger charge is 2.07. The van der Waals surface area contributed by atoms with Gasteiger partial charge in [0.05, 0.1) is 18.5 Å². The normalized spacial score (nSPS) is 13.6. The summed E-state index contributed by atoms with van der Waals surface area (Å²) >= 11 is 0. The smallest absolute Gasteiger partial charge is 0.305 e. The molecule has 0 fully saturated rings. The summed E-state index contributed by atoms with van der Waals surface area (Å²) in [4.78, 5) is 26.0. The van der Waals surface area contributed by atoms with Gasteiger partial charge in [0, 0.05) is 12.5 Å². The number of ether oxygens (including phenoxy) is 1. The molecule has 0 bridgehead atoms. The Balaban J connectivity index is 4.29. The van der Waals surface area contributed by atoms with Crippen molar-refractivity contribution in [2.24, 2.45) is 0 Å². The van der Waals surface area contributed by atoms with E-state index in [1.807, 2.05) is 18.2 Å². The van der Waals surface area contributed by atoms with Crippen LogP contribution in [0.2, 0.25) is 0 Å². The molecular weight excluding hydrogens is 362 g/mol. The highest BCUT2D eigenvalue weighted by atomic mass is 17.1. The first-order chi connectivity index (χ1) is 13.5. The molecule has 0 spiro atoms. The third kappa shape index (κ3) is 14.9. The molecule has 0 saturated heterocycles. The number of rotatable bonds is 16. The third-order valence-electron chi connectivity index (χ3n) is 3.99. The molecule has 1 atom stereocenters. The summed E-state index contributed by atoms with van der Waals surface area (Å²) in [5, 5.41) is 20.0. The lowest BCUT2D eigenvalue weighted by atomic mass is 10.1. The van der Waals surface area contributed by atoms with Crippen molar-refractivity contribution in [2.45, 2.75) is 70.8 Å². The Morgan fingerprint density at radius 2 is 1.93 bits per heavy atom. The fourth-order valence-electron chi connectivity index (χ4n) is 2.33. The molecule has 0 heterocycles. The van der Waals surface area contributed by atoms with Crippen molar-refractivity contribution in [3.05, 3.63) is 58.3 Å². The third-order valence-corrected chi connectivity index (χ3v) is 3.99. The van der Waals surface area contributed by atoms with E-state index in [0.717, 1.165) is 32.1 Å². The van der Waals surface area contributed by atoms with Gasteiger partial charge in [0.25, 0.3) is 0 Å². The van der Waals surface area contributed by atoms with Crippen LogP contribution < -0.4 is 0 Å². The lowest BCUT2D eigenvalue weighted by Gasteiger charge is -2.07. The Morgan fingerprint density at radius 1 is 1.18 bits per heavy atom. The molecule has 7 nitrogen and oxygen atoms in total. The molecule has 0 unspecified atom stereocenters. The topological polar surface area (TPSA) is 98.9 Å². The van der Waals surface area contributed by atoms with E-state index in [4.69, 9.17) is 5.26 Å². The van der Waals surface area contributed by atoms with Crippen LogP contribution in [-0.4, -0.2) is 29.4 Å². The Hall–Kier alpha value is -2.25. The molecule has 28 heavy (non-hydrogen) atoms. The molecule has 1 N–H and O–H groups in total. The van der Waals surface area contributed by atoms with E-state index >= 15 is 0 Å². The van der Waals surface area contributed by atoms with Crippen LogP contribution in [0.1, 0.15) is 64.7 Å². The average Bonchev–Trinajstić information content (AvgIpc) is 2.69. The highest BCUT2D eigenvalue weighted by molar-refractivity contribution is 5.69. The van der Waals surface area contributed by atoms with Gasteiger partial charge in [-0.25, -0.2) is 4.89 Å². The summed E-state index contributed by atoms with van der Waals surface area (Å²) in [6, 6.07) is 0. The molecule has 0 amide bonds. The molecule has 0 saturated carbocycles. The molecule has 158 valence electrons. The quantitative estimate of drug-likeness (QED) is 0.0716. The van der Waals surface area contributed by atoms with Gasteiger partial charge in [0.2, 0.25) is 5.70 Å². The summed E-state index contributed by atoms with van der Waals surface area (Å²) in [7, 11) is 1.37. The van der Waals surface area contributed by atoms with E-state index in [2.05, 4.69) is 16.5 Å². The molecule has 0 rings (SSSR count). The molecule has 0 radical (unpaired) electrons. The maximum Gasteiger partial charge on any atom is 0.305 e. The van der Waals surface area contributed by atoms with E-state index in [1.54, 1.807) is 18.2 Å². The maximum absolute atomic E-state index is 11.1. The van der Waals surface area contributed by atoms with Crippen LogP contribution in [0.5, 0.6) is 0 Å². The molecule has 0 aromatic carbocycles. The number of hydrogen-bond donors (Lipinski definition) is 1. The molecule has 0 aromatic heterocycles. The molecule has 0 aliphatic carbocycles. The predicted molar refractivity (Wildman–Crippen MR) is 109 cm³/mol. The number of esters is 1. The second kappa shape index (κ2) is 18.1. The Kier molecular flexibility index (Phi) is 16.7. The van der Waals surface area contributed by atoms with Crippen molar-refractivity contribution in [1.82, 2.24) is 0 Å². The van der Waals surface area contributed by atoms with Gasteiger partial charge < -0.3 is 4.74 Å². The second-order valence-corrected chi connectivity index (χ2v) is 6.29. The van der Waals surface area contributed by atoms with E-state index in [9.17, 15) is 14.9 Å². The van der Waals surface area contributed by atoms with Gasteiger partial charge in [0.1, 0.15) is 6.10 Å². The van der Waals surface area contributed by atoms with Crippen LogP contribution in [0.4, 0.5) is 0 Å². The summed E-state index contributed by atoms with van der Waals surface area (Å²) < 4.78 is 4.56. The minimum absolute atomic E-state index is 0.0693. The summed E-state index contributed by atoms with van der Waals surface area (Å²) in [6.07, 6.45) is 18.3. The molecule has 0 aliphatic heterocycles. The van der Waals surface area contributed by atoms with Crippen molar-refractivity contribution in [1.29, 1.82) is 0 Å². The van der Waals surface area contributed by atoms with Crippen LogP contribution in [-0.2, 0) is 14.4 Å². The Bertz CT molecular complexity index is 551. The summed E-state index contributed by atoms with van der Waals surface area (Å²) in [6.45, 7) is 2.09. The molecule has 7 heteroatoms. The van der Waals surface area contributed by atoms with Crippen LogP contribution in [0, 0.1) is 10.1 Å². The second-order valence-electron chi connectivity index (χ2n) is 6.29. The number of hydrogen-bond acceptors (Lipinski definition) is 6. The first-order valence-corrected chi connectivity index (χ1v) is 9.73. The van der Waals surface area contributed by atoms with Crippen molar-refractivity contribution in [2.75, 3.05) is 7.11 Å². The number of carbonyl (C=O) groups excluding carboxylic acids is 1. The SMILES string of the molecule is CCCCC[C@@H](/C=C/C=C(\C/C=C\C/C=C\CCCC(=O)OC)[N+](=O)[O-])OO. The van der Waals surface area contributed by atoms with Gasteiger partial charge in [-0.15, -0.1) is 0 Å². The summed E-state index contributed by atoms with van der Waals surface area (Å²) in [5.41, 5.74) is 0.0693. The monoisotopic (exact) mass is 395 g/mol. The van der Waals surface area contributed by atoms with Gasteiger partial charge in [-0.05, 0) is 25.7 Å². The number of unbranched alkanes of at least 4 members (excludes halogenated alkanes) is 3. The van der Waals surface area contributed by atoms with Crippen LogP contribution in [0.25, 0.3) is 0 Å². The zero-order chi connectivity index (χ0) is 21.0. The number of allylic oxidation sites excluding steroid dienone is 6. The Morgan fingerprint density at radius 3 is 2.57 bits per heavy atom. The van der Waals surface area contributed by atoms with E-state index in [0.29, 0.717) is 19.3 Å². The van der Waals surface area contributed by atoms with Gasteiger partial charge >= 0.3 is 5.97 Å². The van der Waals surface area contributed by atoms with Crippen molar-refractivity contribution in [3.8, 4) is 0 Å². The number of nitrogens with zero attached hydrogens (tertiary/aromatic N) is 1. The fourth-order valence-corrected chi connectivity index (χ4v) is 2.33. The number of nitro groups is 1. The van der Waals surface area contributed by atoms with Gasteiger partial charge in [0.15, 0.2) is 0 Å². The maximum atomic E-state index is 11.1. The van der Waals surface area contributed by atoms with Gasteiger partial charge in [-0.1, -0.05) is 62.6 Å². The average molecular weight is 395 g/mol. The number of methoxy groups -OCH3 is 1.